The zero-order valence-electron chi connectivity index (χ0n) is 13.5. The van der Waals surface area contributed by atoms with Gasteiger partial charge in [-0.2, -0.15) is 0 Å². The van der Waals surface area contributed by atoms with Crippen LogP contribution in [0.5, 0.6) is 5.75 Å². The molecule has 1 fully saturated rings. The number of fused-ring (bicyclic) bond motifs is 1. The number of amides is 1. The molecule has 1 saturated heterocycles. The van der Waals surface area contributed by atoms with Crippen molar-refractivity contribution in [2.45, 2.75) is 13.0 Å². The number of phenolic OH excluding ortho intramolecular Hbond substituents is 1. The molecule has 0 saturated carbocycles. The number of carbonyl (C=O) groups excluding carboxylic acids is 1. The van der Waals surface area contributed by atoms with Crippen LogP contribution in [0.2, 0.25) is 0 Å². The van der Waals surface area contributed by atoms with Gasteiger partial charge >= 0.3 is 0 Å². The molecule has 2 aliphatic heterocycles. The van der Waals surface area contributed by atoms with E-state index in [0.717, 1.165) is 44.2 Å². The van der Waals surface area contributed by atoms with E-state index in [1.807, 2.05) is 21.6 Å². The summed E-state index contributed by atoms with van der Waals surface area (Å²) in [4.78, 5) is 21.2. The van der Waals surface area contributed by atoms with Gasteiger partial charge in [0.25, 0.3) is 5.91 Å². The summed E-state index contributed by atoms with van der Waals surface area (Å²) in [6, 6.07) is 7.25. The van der Waals surface area contributed by atoms with Crippen molar-refractivity contribution in [3.05, 3.63) is 36.2 Å². The number of aromatic nitrogens is 2. The highest BCUT2D eigenvalue weighted by atomic mass is 16.3. The summed E-state index contributed by atoms with van der Waals surface area (Å²) in [6.45, 7) is 4.60. The number of nitrogens with one attached hydrogen (secondary N) is 1. The van der Waals surface area contributed by atoms with Crippen LogP contribution in [0.4, 0.5) is 11.6 Å². The molecule has 7 heteroatoms. The third kappa shape index (κ3) is 2.66. The van der Waals surface area contributed by atoms with Crippen LogP contribution in [-0.2, 0) is 6.54 Å². The molecule has 3 heterocycles. The first kappa shape index (κ1) is 14.9. The molecule has 0 radical (unpaired) electrons. The van der Waals surface area contributed by atoms with Crippen LogP contribution >= 0.6 is 0 Å². The van der Waals surface area contributed by atoms with E-state index in [2.05, 4.69) is 15.2 Å². The average molecular weight is 327 g/mol. The van der Waals surface area contributed by atoms with E-state index < -0.39 is 0 Å². The molecular weight excluding hydrogens is 306 g/mol. The van der Waals surface area contributed by atoms with Gasteiger partial charge in [-0.05, 0) is 18.6 Å². The minimum Gasteiger partial charge on any atom is -0.508 e. The number of nitrogens with zero attached hydrogens (tertiary/aromatic N) is 4. The van der Waals surface area contributed by atoms with Crippen LogP contribution in [0.15, 0.2) is 30.5 Å². The Morgan fingerprint density at radius 3 is 2.79 bits per heavy atom. The van der Waals surface area contributed by atoms with E-state index in [1.54, 1.807) is 18.3 Å². The second-order valence-electron chi connectivity index (χ2n) is 6.20. The van der Waals surface area contributed by atoms with Crippen LogP contribution in [0, 0.1) is 0 Å². The van der Waals surface area contributed by atoms with E-state index in [1.165, 1.54) is 0 Å². The van der Waals surface area contributed by atoms with Gasteiger partial charge in [0, 0.05) is 51.0 Å². The standard InChI is InChI=1S/C17H21N5O2/c23-14-4-1-3-13(11-14)20-7-9-21(10-8-20)16(24)15-12-19-17-18-5-2-6-22(15)17/h1,3-4,11-12,23H,2,5-10H2,(H,18,19). The summed E-state index contributed by atoms with van der Waals surface area (Å²) < 4.78 is 1.98. The summed E-state index contributed by atoms with van der Waals surface area (Å²) in [5.74, 6) is 1.11. The summed E-state index contributed by atoms with van der Waals surface area (Å²) in [5, 5.41) is 12.8. The van der Waals surface area contributed by atoms with E-state index in [-0.39, 0.29) is 11.7 Å². The molecule has 0 atom stereocenters. The van der Waals surface area contributed by atoms with Crippen molar-refractivity contribution < 1.29 is 9.90 Å². The second-order valence-corrected chi connectivity index (χ2v) is 6.20. The topological polar surface area (TPSA) is 73.6 Å². The van der Waals surface area contributed by atoms with Gasteiger partial charge in [0.05, 0.1) is 6.20 Å². The maximum absolute atomic E-state index is 12.8. The summed E-state index contributed by atoms with van der Waals surface area (Å²) in [5.41, 5.74) is 1.66. The Hall–Kier alpha value is -2.70. The van der Waals surface area contributed by atoms with Crippen molar-refractivity contribution >= 4 is 17.5 Å². The van der Waals surface area contributed by atoms with Crippen molar-refractivity contribution in [3.8, 4) is 5.75 Å². The van der Waals surface area contributed by atoms with Crippen molar-refractivity contribution in [2.75, 3.05) is 42.9 Å². The fraction of sp³-hybridized carbons (Fsp3) is 0.412. The highest BCUT2D eigenvalue weighted by Gasteiger charge is 2.26. The van der Waals surface area contributed by atoms with Crippen molar-refractivity contribution in [2.24, 2.45) is 0 Å². The number of benzene rings is 1. The van der Waals surface area contributed by atoms with E-state index >= 15 is 0 Å². The third-order valence-corrected chi connectivity index (χ3v) is 4.68. The predicted molar refractivity (Wildman–Crippen MR) is 91.6 cm³/mol. The molecule has 0 spiro atoms. The first-order chi connectivity index (χ1) is 11.7. The van der Waals surface area contributed by atoms with E-state index in [4.69, 9.17) is 0 Å². The molecule has 2 aromatic rings. The monoisotopic (exact) mass is 327 g/mol. The van der Waals surface area contributed by atoms with Crippen LogP contribution < -0.4 is 10.2 Å². The molecule has 24 heavy (non-hydrogen) atoms. The fourth-order valence-corrected chi connectivity index (χ4v) is 3.37. The molecule has 126 valence electrons. The molecule has 2 aliphatic rings. The molecule has 1 amide bonds. The normalized spacial score (nSPS) is 17.3. The molecule has 7 nitrogen and oxygen atoms in total. The number of piperazine rings is 1. The average Bonchev–Trinajstić information content (AvgIpc) is 3.05. The van der Waals surface area contributed by atoms with Gasteiger partial charge < -0.3 is 24.8 Å². The minimum atomic E-state index is 0.0491. The number of aromatic hydroxyl groups is 1. The second kappa shape index (κ2) is 6.07. The van der Waals surface area contributed by atoms with Crippen LogP contribution in [0.25, 0.3) is 0 Å². The number of hydrogen-bond donors (Lipinski definition) is 2. The summed E-state index contributed by atoms with van der Waals surface area (Å²) >= 11 is 0. The largest absolute Gasteiger partial charge is 0.508 e. The molecule has 4 rings (SSSR count). The van der Waals surface area contributed by atoms with E-state index in [9.17, 15) is 9.90 Å². The van der Waals surface area contributed by atoms with Crippen LogP contribution in [0.3, 0.4) is 0 Å². The molecule has 2 N–H and O–H groups in total. The lowest BCUT2D eigenvalue weighted by Crippen LogP contribution is -2.49. The maximum Gasteiger partial charge on any atom is 0.272 e. The lowest BCUT2D eigenvalue weighted by atomic mass is 10.2. The summed E-state index contributed by atoms with van der Waals surface area (Å²) in [7, 11) is 0. The van der Waals surface area contributed by atoms with Gasteiger partial charge in [0.1, 0.15) is 11.4 Å². The number of imidazole rings is 1. The van der Waals surface area contributed by atoms with Gasteiger partial charge in [-0.3, -0.25) is 4.79 Å². The Morgan fingerprint density at radius 1 is 1.17 bits per heavy atom. The highest BCUT2D eigenvalue weighted by molar-refractivity contribution is 5.93. The Morgan fingerprint density at radius 2 is 2.00 bits per heavy atom. The molecule has 0 unspecified atom stereocenters. The lowest BCUT2D eigenvalue weighted by molar-refractivity contribution is 0.0735. The van der Waals surface area contributed by atoms with Gasteiger partial charge in [0.15, 0.2) is 0 Å². The SMILES string of the molecule is O=C(c1cnc2n1CCCN2)N1CCN(c2cccc(O)c2)CC1. The van der Waals surface area contributed by atoms with Crippen molar-refractivity contribution in [1.29, 1.82) is 0 Å². The molecule has 1 aromatic heterocycles. The van der Waals surface area contributed by atoms with E-state index in [0.29, 0.717) is 18.8 Å². The van der Waals surface area contributed by atoms with Gasteiger partial charge in [0.2, 0.25) is 5.95 Å². The minimum absolute atomic E-state index is 0.0491. The number of anilines is 2. The zero-order valence-corrected chi connectivity index (χ0v) is 13.5. The number of carbonyl (C=O) groups is 1. The van der Waals surface area contributed by atoms with Crippen LogP contribution in [0.1, 0.15) is 16.9 Å². The molecular formula is C17H21N5O2. The molecule has 1 aromatic carbocycles. The van der Waals surface area contributed by atoms with Crippen LogP contribution in [-0.4, -0.2) is 58.2 Å². The number of hydrogen-bond acceptors (Lipinski definition) is 5. The van der Waals surface area contributed by atoms with Gasteiger partial charge in [-0.25, -0.2) is 4.98 Å². The third-order valence-electron chi connectivity index (χ3n) is 4.68. The van der Waals surface area contributed by atoms with Gasteiger partial charge in [-0.1, -0.05) is 6.07 Å². The Balaban J connectivity index is 1.44. The smallest absolute Gasteiger partial charge is 0.272 e. The Kier molecular flexibility index (Phi) is 3.76. The van der Waals surface area contributed by atoms with Crippen molar-refractivity contribution in [3.63, 3.8) is 0 Å². The molecule has 0 bridgehead atoms. The predicted octanol–water partition coefficient (Wildman–Crippen LogP) is 1.37. The Labute approximate surface area is 140 Å². The zero-order chi connectivity index (χ0) is 16.5. The lowest BCUT2D eigenvalue weighted by Gasteiger charge is -2.36. The number of phenols is 1. The highest BCUT2D eigenvalue weighted by Crippen LogP contribution is 2.22. The maximum atomic E-state index is 12.8. The molecule has 0 aliphatic carbocycles. The first-order valence-corrected chi connectivity index (χ1v) is 8.35. The first-order valence-electron chi connectivity index (χ1n) is 8.35. The summed E-state index contributed by atoms with van der Waals surface area (Å²) in [6.07, 6.45) is 2.69. The quantitative estimate of drug-likeness (QED) is 0.871. The van der Waals surface area contributed by atoms with Gasteiger partial charge in [-0.15, -0.1) is 0 Å². The number of rotatable bonds is 2. The fourth-order valence-electron chi connectivity index (χ4n) is 3.37. The Bertz CT molecular complexity index is 749. The van der Waals surface area contributed by atoms with Crippen molar-refractivity contribution in [1.82, 2.24) is 14.5 Å².